The van der Waals surface area contributed by atoms with E-state index in [1.807, 2.05) is 0 Å². The van der Waals surface area contributed by atoms with Gasteiger partial charge in [-0.15, -0.1) is 0 Å². The Morgan fingerprint density at radius 2 is 2.27 bits per heavy atom. The summed E-state index contributed by atoms with van der Waals surface area (Å²) in [5.74, 6) is 0.892. The van der Waals surface area contributed by atoms with E-state index in [1.165, 1.54) is 13.3 Å². The van der Waals surface area contributed by atoms with E-state index in [9.17, 15) is 9.90 Å². The smallest absolute Gasteiger partial charge is 0.161 e. The maximum atomic E-state index is 11.1. The highest BCUT2D eigenvalue weighted by Gasteiger charge is 2.52. The Kier molecular flexibility index (Phi) is 1.37. The van der Waals surface area contributed by atoms with Crippen LogP contribution in [0.15, 0.2) is 0 Å². The molecule has 0 aromatic rings. The molecule has 2 fully saturated rings. The summed E-state index contributed by atoms with van der Waals surface area (Å²) in [6.07, 6.45) is 4.09. The summed E-state index contributed by atoms with van der Waals surface area (Å²) < 4.78 is 0. The quantitative estimate of drug-likeness (QED) is 0.614. The van der Waals surface area contributed by atoms with Crippen molar-refractivity contribution in [3.05, 3.63) is 0 Å². The third kappa shape index (κ3) is 0.853. The number of hydrogen-bond donors (Lipinski definition) is 1. The number of fused-ring (bicyclic) bond motifs is 2. The Balaban J connectivity index is 2.23. The maximum Gasteiger partial charge on any atom is 0.161 e. The van der Waals surface area contributed by atoms with E-state index in [1.54, 1.807) is 0 Å². The second kappa shape index (κ2) is 2.07. The van der Waals surface area contributed by atoms with Crippen LogP contribution >= 0.6 is 0 Å². The van der Waals surface area contributed by atoms with Gasteiger partial charge in [0.25, 0.3) is 0 Å². The lowest BCUT2D eigenvalue weighted by atomic mass is 9.81. The molecular weight excluding hydrogens is 140 g/mol. The van der Waals surface area contributed by atoms with Gasteiger partial charge in [0.2, 0.25) is 0 Å². The van der Waals surface area contributed by atoms with Crippen molar-refractivity contribution in [3.63, 3.8) is 0 Å². The zero-order chi connectivity index (χ0) is 8.06. The number of rotatable bonds is 1. The number of ketones is 1. The number of hydrogen-bond acceptors (Lipinski definition) is 2. The third-order valence-electron chi connectivity index (χ3n) is 3.43. The first-order valence-corrected chi connectivity index (χ1v) is 4.36. The van der Waals surface area contributed by atoms with Crippen LogP contribution in [0, 0.1) is 11.8 Å². The van der Waals surface area contributed by atoms with Crippen molar-refractivity contribution in [2.45, 2.75) is 38.2 Å². The lowest BCUT2D eigenvalue weighted by molar-refractivity contribution is -0.140. The lowest BCUT2D eigenvalue weighted by Crippen LogP contribution is -2.42. The Bertz CT molecular complexity index is 200. The van der Waals surface area contributed by atoms with Crippen molar-refractivity contribution in [2.24, 2.45) is 11.8 Å². The van der Waals surface area contributed by atoms with Gasteiger partial charge in [-0.3, -0.25) is 4.79 Å². The molecule has 0 heterocycles. The van der Waals surface area contributed by atoms with Crippen LogP contribution in [0.1, 0.15) is 32.6 Å². The fraction of sp³-hybridized carbons (Fsp3) is 0.889. The summed E-state index contributed by atoms with van der Waals surface area (Å²) in [7, 11) is 0. The van der Waals surface area contributed by atoms with Crippen molar-refractivity contribution < 1.29 is 9.90 Å². The molecule has 1 N–H and O–H groups in total. The molecule has 2 heteroatoms. The molecule has 62 valence electrons. The minimum absolute atomic E-state index is 0.0234. The van der Waals surface area contributed by atoms with Gasteiger partial charge in [-0.25, -0.2) is 0 Å². The van der Waals surface area contributed by atoms with Gasteiger partial charge in [0, 0.05) is 0 Å². The second-order valence-corrected chi connectivity index (χ2v) is 4.06. The topological polar surface area (TPSA) is 37.3 Å². The first kappa shape index (κ1) is 7.29. The highest BCUT2D eigenvalue weighted by molar-refractivity contribution is 5.85. The number of aliphatic hydroxyl groups is 1. The average molecular weight is 154 g/mol. The molecule has 2 rings (SSSR count). The summed E-state index contributed by atoms with van der Waals surface area (Å²) in [4.78, 5) is 11.1. The molecule has 0 amide bonds. The molecule has 0 spiro atoms. The van der Waals surface area contributed by atoms with Gasteiger partial charge in [-0.2, -0.15) is 0 Å². The highest BCUT2D eigenvalue weighted by Crippen LogP contribution is 2.50. The third-order valence-corrected chi connectivity index (χ3v) is 3.43. The Morgan fingerprint density at radius 1 is 1.55 bits per heavy atom. The molecule has 3 atom stereocenters. The van der Waals surface area contributed by atoms with Crippen LogP contribution in [0.25, 0.3) is 0 Å². The largest absolute Gasteiger partial charge is 0.382 e. The summed E-state index contributed by atoms with van der Waals surface area (Å²) >= 11 is 0. The van der Waals surface area contributed by atoms with Crippen molar-refractivity contribution in [3.8, 4) is 0 Å². The predicted molar refractivity (Wildman–Crippen MR) is 41.1 cm³/mol. The molecule has 0 saturated heterocycles. The van der Waals surface area contributed by atoms with Gasteiger partial charge in [0.05, 0.1) is 0 Å². The van der Waals surface area contributed by atoms with Gasteiger partial charge in [-0.1, -0.05) is 0 Å². The van der Waals surface area contributed by atoms with Crippen LogP contribution in [-0.4, -0.2) is 16.5 Å². The van der Waals surface area contributed by atoms with E-state index in [4.69, 9.17) is 0 Å². The van der Waals surface area contributed by atoms with Crippen LogP contribution in [0.2, 0.25) is 0 Å². The molecule has 11 heavy (non-hydrogen) atoms. The summed E-state index contributed by atoms with van der Waals surface area (Å²) in [6.45, 7) is 1.51. The Labute approximate surface area is 66.6 Å². The van der Waals surface area contributed by atoms with Gasteiger partial charge < -0.3 is 5.11 Å². The average Bonchev–Trinajstić information content (AvgIpc) is 2.45. The van der Waals surface area contributed by atoms with E-state index in [0.717, 1.165) is 19.3 Å². The Hall–Kier alpha value is -0.370. The molecule has 2 aliphatic rings. The Morgan fingerprint density at radius 3 is 2.55 bits per heavy atom. The van der Waals surface area contributed by atoms with Gasteiger partial charge in [0.1, 0.15) is 5.60 Å². The standard InChI is InChI=1S/C9H14O2/c1-6(10)9(11)5-7-2-3-8(9)4-7/h7-8,11H,2-5H2,1H3. The van der Waals surface area contributed by atoms with E-state index < -0.39 is 5.60 Å². The van der Waals surface area contributed by atoms with Crippen LogP contribution < -0.4 is 0 Å². The first-order chi connectivity index (χ1) is 5.13. The minimum atomic E-state index is -0.928. The second-order valence-electron chi connectivity index (χ2n) is 4.06. The molecule has 2 aliphatic carbocycles. The molecule has 0 aromatic heterocycles. The van der Waals surface area contributed by atoms with E-state index in [0.29, 0.717) is 5.92 Å². The van der Waals surface area contributed by atoms with Crippen molar-refractivity contribution in [1.29, 1.82) is 0 Å². The number of carbonyl (C=O) groups excluding carboxylic acids is 1. The van der Waals surface area contributed by atoms with Crippen molar-refractivity contribution >= 4 is 5.78 Å². The number of Topliss-reactive ketones (excluding diaryl/α,β-unsaturated/α-hetero) is 1. The summed E-state index contributed by atoms with van der Waals surface area (Å²) in [5, 5.41) is 9.91. The van der Waals surface area contributed by atoms with Crippen LogP contribution in [0.3, 0.4) is 0 Å². The molecular formula is C9H14O2. The van der Waals surface area contributed by atoms with Crippen molar-refractivity contribution in [2.75, 3.05) is 0 Å². The zero-order valence-electron chi connectivity index (χ0n) is 6.84. The van der Waals surface area contributed by atoms with E-state index in [2.05, 4.69) is 0 Å². The monoisotopic (exact) mass is 154 g/mol. The summed E-state index contributed by atoms with van der Waals surface area (Å²) in [6, 6.07) is 0. The molecule has 2 nitrogen and oxygen atoms in total. The normalized spacial score (nSPS) is 48.2. The van der Waals surface area contributed by atoms with E-state index in [-0.39, 0.29) is 11.7 Å². The van der Waals surface area contributed by atoms with Crippen molar-refractivity contribution in [1.82, 2.24) is 0 Å². The zero-order valence-corrected chi connectivity index (χ0v) is 6.84. The van der Waals surface area contributed by atoms with Crippen LogP contribution in [-0.2, 0) is 4.79 Å². The molecule has 3 unspecified atom stereocenters. The molecule has 0 aliphatic heterocycles. The van der Waals surface area contributed by atoms with Crippen LogP contribution in [0.5, 0.6) is 0 Å². The fourth-order valence-electron chi connectivity index (χ4n) is 2.73. The first-order valence-electron chi connectivity index (χ1n) is 4.36. The lowest BCUT2D eigenvalue weighted by Gasteiger charge is -2.29. The molecule has 0 aromatic carbocycles. The maximum absolute atomic E-state index is 11.1. The number of carbonyl (C=O) groups is 1. The highest BCUT2D eigenvalue weighted by atomic mass is 16.3. The van der Waals surface area contributed by atoms with Gasteiger partial charge >= 0.3 is 0 Å². The van der Waals surface area contributed by atoms with Gasteiger partial charge in [-0.05, 0) is 44.4 Å². The van der Waals surface area contributed by atoms with E-state index >= 15 is 0 Å². The molecule has 0 radical (unpaired) electrons. The van der Waals surface area contributed by atoms with Crippen LogP contribution in [0.4, 0.5) is 0 Å². The minimum Gasteiger partial charge on any atom is -0.382 e. The molecule has 2 saturated carbocycles. The predicted octanol–water partition coefficient (Wildman–Crippen LogP) is 1.13. The van der Waals surface area contributed by atoms with Gasteiger partial charge in [0.15, 0.2) is 5.78 Å². The SMILES string of the molecule is CC(=O)C1(O)CC2CCC1C2. The fourth-order valence-corrected chi connectivity index (χ4v) is 2.73. The summed E-state index contributed by atoms with van der Waals surface area (Å²) in [5.41, 5.74) is -0.928. The molecule has 2 bridgehead atoms.